The number of carboxylic acid groups (broad SMARTS) is 1. The first kappa shape index (κ1) is 14.3. The molecular weight excluding hydrogens is 282 g/mol. The van der Waals surface area contributed by atoms with Gasteiger partial charge in [-0.25, -0.2) is 4.79 Å². The summed E-state index contributed by atoms with van der Waals surface area (Å²) in [5.74, 6) is -1.19. The van der Waals surface area contributed by atoms with E-state index in [2.05, 4.69) is 10.6 Å². The highest BCUT2D eigenvalue weighted by atomic mass is 32.1. The lowest BCUT2D eigenvalue weighted by Gasteiger charge is -2.34. The van der Waals surface area contributed by atoms with Crippen molar-refractivity contribution >= 4 is 29.2 Å². The zero-order valence-corrected chi connectivity index (χ0v) is 11.5. The Morgan fingerprint density at radius 2 is 2.35 bits per heavy atom. The van der Waals surface area contributed by atoms with E-state index in [0.717, 1.165) is 4.88 Å². The summed E-state index contributed by atoms with van der Waals surface area (Å²) < 4.78 is 0. The van der Waals surface area contributed by atoms with Crippen LogP contribution in [0.25, 0.3) is 0 Å². The molecule has 1 aromatic heterocycles. The van der Waals surface area contributed by atoms with Crippen molar-refractivity contribution < 1.29 is 19.5 Å². The number of carboxylic acids is 1. The first-order chi connectivity index (χ1) is 9.59. The number of hydrogen-bond donors (Lipinski definition) is 3. The van der Waals surface area contributed by atoms with Crippen molar-refractivity contribution in [3.05, 3.63) is 22.4 Å². The molecule has 0 saturated carbocycles. The summed E-state index contributed by atoms with van der Waals surface area (Å²) in [4.78, 5) is 36.7. The summed E-state index contributed by atoms with van der Waals surface area (Å²) in [6.45, 7) is 0.837. The summed E-state index contributed by atoms with van der Waals surface area (Å²) in [5.41, 5.74) is 0. The minimum Gasteiger partial charge on any atom is -0.481 e. The number of carbonyl (C=O) groups is 3. The average molecular weight is 297 g/mol. The number of nitrogens with one attached hydrogen (secondary N) is 2. The van der Waals surface area contributed by atoms with Crippen LogP contribution in [0, 0.1) is 0 Å². The molecule has 1 aliphatic heterocycles. The third-order valence-electron chi connectivity index (χ3n) is 2.90. The Morgan fingerprint density at radius 1 is 1.55 bits per heavy atom. The Bertz CT molecular complexity index is 503. The summed E-state index contributed by atoms with van der Waals surface area (Å²) in [5, 5.41) is 15.7. The van der Waals surface area contributed by atoms with Gasteiger partial charge in [-0.15, -0.1) is 11.3 Å². The zero-order chi connectivity index (χ0) is 14.5. The predicted octanol–water partition coefficient (Wildman–Crippen LogP) is 0.405. The Balaban J connectivity index is 2.05. The van der Waals surface area contributed by atoms with Crippen LogP contribution in [0.1, 0.15) is 17.3 Å². The van der Waals surface area contributed by atoms with Crippen molar-refractivity contribution in [1.82, 2.24) is 15.5 Å². The molecule has 0 radical (unpaired) electrons. The number of nitrogens with zero attached hydrogens (tertiary/aromatic N) is 1. The van der Waals surface area contributed by atoms with Gasteiger partial charge in [0.25, 0.3) is 0 Å². The Labute approximate surface area is 119 Å². The number of rotatable bonds is 4. The van der Waals surface area contributed by atoms with Gasteiger partial charge in [0.05, 0.1) is 6.42 Å². The van der Waals surface area contributed by atoms with Crippen molar-refractivity contribution in [1.29, 1.82) is 0 Å². The largest absolute Gasteiger partial charge is 0.481 e. The molecule has 7 nitrogen and oxygen atoms in total. The molecule has 20 heavy (non-hydrogen) atoms. The second-order valence-corrected chi connectivity index (χ2v) is 5.26. The van der Waals surface area contributed by atoms with E-state index >= 15 is 0 Å². The minimum absolute atomic E-state index is 0.0451. The van der Waals surface area contributed by atoms with Gasteiger partial charge in [0.2, 0.25) is 5.91 Å². The van der Waals surface area contributed by atoms with E-state index in [4.69, 9.17) is 5.11 Å². The number of aliphatic carboxylic acids is 1. The quantitative estimate of drug-likeness (QED) is 0.749. The smallest absolute Gasteiger partial charge is 0.318 e. The average Bonchev–Trinajstić information content (AvgIpc) is 2.91. The molecule has 2 rings (SSSR count). The van der Waals surface area contributed by atoms with Crippen molar-refractivity contribution in [3.8, 4) is 0 Å². The number of urea groups is 1. The lowest BCUT2D eigenvalue weighted by Crippen LogP contribution is -2.54. The molecule has 1 unspecified atom stereocenters. The van der Waals surface area contributed by atoms with Crippen molar-refractivity contribution in [2.45, 2.75) is 12.5 Å². The third kappa shape index (κ3) is 3.27. The van der Waals surface area contributed by atoms with Crippen LogP contribution in [0.5, 0.6) is 0 Å². The van der Waals surface area contributed by atoms with Gasteiger partial charge in [-0.05, 0) is 11.4 Å². The number of carbonyl (C=O) groups excluding carboxylic acids is 2. The molecule has 1 atom stereocenters. The van der Waals surface area contributed by atoms with E-state index in [-0.39, 0.29) is 18.9 Å². The Kier molecular flexibility index (Phi) is 4.57. The Hall–Kier alpha value is -2.09. The molecular formula is C12H15N3O4S. The molecule has 1 fully saturated rings. The number of hydrogen-bond acceptors (Lipinski definition) is 4. The normalized spacial score (nSPS) is 18.5. The summed E-state index contributed by atoms with van der Waals surface area (Å²) >= 11 is 1.41. The first-order valence-electron chi connectivity index (χ1n) is 6.17. The van der Waals surface area contributed by atoms with Crippen LogP contribution < -0.4 is 10.6 Å². The molecule has 3 amide bonds. The third-order valence-corrected chi connectivity index (χ3v) is 3.83. The topological polar surface area (TPSA) is 98.7 Å². The zero-order valence-electron chi connectivity index (χ0n) is 10.7. The standard InChI is InChI=1S/C12H15N3O4S/c16-9(17)3-4-14-12(19)15-6-5-13-11(18)10(15)8-2-1-7-20-8/h1-2,7,10H,3-6H2,(H,13,18)(H,14,19)(H,16,17). The van der Waals surface area contributed by atoms with E-state index < -0.39 is 18.0 Å². The highest BCUT2D eigenvalue weighted by molar-refractivity contribution is 7.10. The van der Waals surface area contributed by atoms with Gasteiger partial charge in [-0.1, -0.05) is 6.07 Å². The molecule has 0 aromatic carbocycles. The molecule has 1 aliphatic rings. The van der Waals surface area contributed by atoms with E-state index in [9.17, 15) is 14.4 Å². The number of piperazine rings is 1. The van der Waals surface area contributed by atoms with Crippen LogP contribution in [0.15, 0.2) is 17.5 Å². The number of amides is 3. The summed E-state index contributed by atoms with van der Waals surface area (Å²) in [7, 11) is 0. The fraction of sp³-hybridized carbons (Fsp3) is 0.417. The molecule has 1 aromatic rings. The molecule has 1 saturated heterocycles. The van der Waals surface area contributed by atoms with Gasteiger partial charge in [0, 0.05) is 24.5 Å². The lowest BCUT2D eigenvalue weighted by molar-refractivity contribution is -0.137. The highest BCUT2D eigenvalue weighted by Gasteiger charge is 2.34. The number of thiophene rings is 1. The maximum Gasteiger partial charge on any atom is 0.318 e. The lowest BCUT2D eigenvalue weighted by atomic mass is 10.1. The second-order valence-electron chi connectivity index (χ2n) is 4.28. The summed E-state index contributed by atoms with van der Waals surface area (Å²) in [6.07, 6.45) is -0.143. The monoisotopic (exact) mass is 297 g/mol. The molecule has 108 valence electrons. The molecule has 0 bridgehead atoms. The van der Waals surface area contributed by atoms with Crippen LogP contribution in [0.3, 0.4) is 0 Å². The molecule has 2 heterocycles. The highest BCUT2D eigenvalue weighted by Crippen LogP contribution is 2.26. The van der Waals surface area contributed by atoms with E-state index in [1.165, 1.54) is 16.2 Å². The Morgan fingerprint density at radius 3 is 3.00 bits per heavy atom. The fourth-order valence-corrected chi connectivity index (χ4v) is 2.83. The van der Waals surface area contributed by atoms with Gasteiger partial charge < -0.3 is 20.6 Å². The van der Waals surface area contributed by atoms with Crippen molar-refractivity contribution in [2.75, 3.05) is 19.6 Å². The van der Waals surface area contributed by atoms with Gasteiger partial charge in [-0.3, -0.25) is 9.59 Å². The van der Waals surface area contributed by atoms with Crippen molar-refractivity contribution in [3.63, 3.8) is 0 Å². The minimum atomic E-state index is -0.975. The van der Waals surface area contributed by atoms with E-state index in [1.807, 2.05) is 11.4 Å². The SMILES string of the molecule is O=C(O)CCNC(=O)N1CCNC(=O)C1c1cccs1. The fourth-order valence-electron chi connectivity index (χ4n) is 1.99. The molecule has 0 aliphatic carbocycles. The van der Waals surface area contributed by atoms with Gasteiger partial charge in [0.15, 0.2) is 0 Å². The molecule has 0 spiro atoms. The summed E-state index contributed by atoms with van der Waals surface area (Å²) in [6, 6.07) is 2.56. The first-order valence-corrected chi connectivity index (χ1v) is 7.05. The predicted molar refractivity (Wildman–Crippen MR) is 72.4 cm³/mol. The van der Waals surface area contributed by atoms with Gasteiger partial charge in [-0.2, -0.15) is 0 Å². The van der Waals surface area contributed by atoms with E-state index in [1.54, 1.807) is 6.07 Å². The maximum atomic E-state index is 12.1. The maximum absolute atomic E-state index is 12.1. The van der Waals surface area contributed by atoms with Crippen LogP contribution in [-0.2, 0) is 9.59 Å². The molecule has 8 heteroatoms. The van der Waals surface area contributed by atoms with Crippen LogP contribution in [-0.4, -0.2) is 47.5 Å². The van der Waals surface area contributed by atoms with Gasteiger partial charge >= 0.3 is 12.0 Å². The van der Waals surface area contributed by atoms with Gasteiger partial charge in [0.1, 0.15) is 6.04 Å². The van der Waals surface area contributed by atoms with Crippen LogP contribution >= 0.6 is 11.3 Å². The van der Waals surface area contributed by atoms with E-state index in [0.29, 0.717) is 13.1 Å². The van der Waals surface area contributed by atoms with Crippen LogP contribution in [0.2, 0.25) is 0 Å². The molecule has 3 N–H and O–H groups in total. The van der Waals surface area contributed by atoms with Crippen LogP contribution in [0.4, 0.5) is 4.79 Å². The van der Waals surface area contributed by atoms with Crippen molar-refractivity contribution in [2.24, 2.45) is 0 Å². The second kappa shape index (κ2) is 6.38.